The Morgan fingerprint density at radius 1 is 0.789 bits per heavy atom. The van der Waals surface area contributed by atoms with E-state index in [-0.39, 0.29) is 12.4 Å². The molecule has 2 rings (SSSR count). The summed E-state index contributed by atoms with van der Waals surface area (Å²) in [5, 5.41) is 0.459. The van der Waals surface area contributed by atoms with Gasteiger partial charge in [-0.2, -0.15) is 0 Å². The number of halogens is 1. The van der Waals surface area contributed by atoms with Gasteiger partial charge in [0, 0.05) is 32.7 Å². The minimum atomic E-state index is -1.60. The Balaban J connectivity index is 2.56. The molecule has 208 valence electrons. The maximum atomic E-state index is 12.8. The molecule has 0 aliphatic carbocycles. The maximum Gasteiger partial charge on any atom is 0.373 e. The molecular formula is C25H29ClO12. The summed E-state index contributed by atoms with van der Waals surface area (Å²) in [5.74, 6) is -4.30. The minimum Gasteiger partial charge on any atom is -0.463 e. The van der Waals surface area contributed by atoms with Gasteiger partial charge in [0.1, 0.15) is 12.7 Å². The molecular weight excluding hydrogens is 528 g/mol. The van der Waals surface area contributed by atoms with Crippen molar-refractivity contribution in [2.75, 3.05) is 13.2 Å². The van der Waals surface area contributed by atoms with E-state index in [1.54, 1.807) is 31.2 Å². The SMILES string of the molecule is CCOC(=O)/C(=C/c1ccc(Cl)cc1)O[C@H]1O[C@@H](COC(C)=O)[C@H](OC(C)=O)[C@@H](OC(C)=O)[C@@H]1OC(C)=O. The molecule has 0 N–H and O–H groups in total. The lowest BCUT2D eigenvalue weighted by Gasteiger charge is -2.43. The summed E-state index contributed by atoms with van der Waals surface area (Å²) in [6.45, 7) is 5.58. The van der Waals surface area contributed by atoms with Crippen LogP contribution in [-0.2, 0) is 57.1 Å². The van der Waals surface area contributed by atoms with Gasteiger partial charge in [0.15, 0.2) is 12.2 Å². The molecule has 1 fully saturated rings. The van der Waals surface area contributed by atoms with Gasteiger partial charge in [-0.1, -0.05) is 23.7 Å². The van der Waals surface area contributed by atoms with E-state index in [1.807, 2.05) is 0 Å². The van der Waals surface area contributed by atoms with Gasteiger partial charge in [-0.25, -0.2) is 4.79 Å². The van der Waals surface area contributed by atoms with Crippen molar-refractivity contribution in [2.45, 2.75) is 65.3 Å². The average molecular weight is 557 g/mol. The fourth-order valence-corrected chi connectivity index (χ4v) is 3.59. The number of carbonyl (C=O) groups excluding carboxylic acids is 5. The third kappa shape index (κ3) is 9.34. The molecule has 0 amide bonds. The highest BCUT2D eigenvalue weighted by molar-refractivity contribution is 6.30. The van der Waals surface area contributed by atoms with E-state index in [0.717, 1.165) is 27.7 Å². The number of carbonyl (C=O) groups is 5. The van der Waals surface area contributed by atoms with Gasteiger partial charge < -0.3 is 33.2 Å². The van der Waals surface area contributed by atoms with E-state index in [1.165, 1.54) is 6.08 Å². The van der Waals surface area contributed by atoms with Crippen molar-refractivity contribution in [3.63, 3.8) is 0 Å². The van der Waals surface area contributed by atoms with Crippen LogP contribution in [-0.4, -0.2) is 73.8 Å². The normalized spacial score (nSPS) is 23.0. The molecule has 5 atom stereocenters. The third-order valence-electron chi connectivity index (χ3n) is 4.84. The first kappa shape index (κ1) is 30.6. The van der Waals surface area contributed by atoms with Crippen LogP contribution in [0.25, 0.3) is 6.08 Å². The van der Waals surface area contributed by atoms with Gasteiger partial charge in [-0.15, -0.1) is 0 Å². The van der Waals surface area contributed by atoms with Crippen LogP contribution in [0, 0.1) is 0 Å². The summed E-state index contributed by atoms with van der Waals surface area (Å²) in [4.78, 5) is 60.1. The number of benzene rings is 1. The Morgan fingerprint density at radius 2 is 1.34 bits per heavy atom. The highest BCUT2D eigenvalue weighted by Crippen LogP contribution is 2.31. The van der Waals surface area contributed by atoms with Crippen molar-refractivity contribution < 1.29 is 57.1 Å². The monoisotopic (exact) mass is 556 g/mol. The zero-order chi connectivity index (χ0) is 28.4. The summed E-state index contributed by atoms with van der Waals surface area (Å²) in [7, 11) is 0. The summed E-state index contributed by atoms with van der Waals surface area (Å²) in [5.41, 5.74) is 0.503. The Hall–Kier alpha value is -3.64. The van der Waals surface area contributed by atoms with Gasteiger partial charge in [0.05, 0.1) is 6.61 Å². The molecule has 1 aromatic carbocycles. The van der Waals surface area contributed by atoms with Crippen LogP contribution in [0.15, 0.2) is 30.0 Å². The molecule has 13 heteroatoms. The van der Waals surface area contributed by atoms with Crippen LogP contribution in [0.3, 0.4) is 0 Å². The number of ether oxygens (including phenoxy) is 7. The topological polar surface area (TPSA) is 150 Å². The van der Waals surface area contributed by atoms with Crippen LogP contribution in [0.2, 0.25) is 5.02 Å². The van der Waals surface area contributed by atoms with Gasteiger partial charge in [-0.05, 0) is 30.7 Å². The highest BCUT2D eigenvalue weighted by Gasteiger charge is 2.53. The molecule has 1 aromatic rings. The van der Waals surface area contributed by atoms with Crippen molar-refractivity contribution in [1.82, 2.24) is 0 Å². The van der Waals surface area contributed by atoms with E-state index in [2.05, 4.69) is 0 Å². The minimum absolute atomic E-state index is 0.0126. The first-order valence-electron chi connectivity index (χ1n) is 11.5. The van der Waals surface area contributed by atoms with Gasteiger partial charge >= 0.3 is 29.8 Å². The van der Waals surface area contributed by atoms with Crippen molar-refractivity contribution in [1.29, 1.82) is 0 Å². The summed E-state index contributed by atoms with van der Waals surface area (Å²) < 4.78 is 37.8. The second-order valence-corrected chi connectivity index (χ2v) is 8.40. The van der Waals surface area contributed by atoms with Crippen molar-refractivity contribution in [3.8, 4) is 0 Å². The molecule has 12 nitrogen and oxygen atoms in total. The predicted octanol–water partition coefficient (Wildman–Crippen LogP) is 2.34. The zero-order valence-electron chi connectivity index (χ0n) is 21.5. The second kappa shape index (κ2) is 14.3. The maximum absolute atomic E-state index is 12.8. The van der Waals surface area contributed by atoms with E-state index >= 15 is 0 Å². The lowest BCUT2D eigenvalue weighted by molar-refractivity contribution is -0.299. The molecule has 0 saturated carbocycles. The summed E-state index contributed by atoms with van der Waals surface area (Å²) in [6, 6.07) is 6.39. The molecule has 0 aromatic heterocycles. The quantitative estimate of drug-likeness (QED) is 0.180. The largest absolute Gasteiger partial charge is 0.463 e. The average Bonchev–Trinajstić information content (AvgIpc) is 2.81. The first-order chi connectivity index (χ1) is 17.9. The Bertz CT molecular complexity index is 1050. The zero-order valence-corrected chi connectivity index (χ0v) is 22.2. The van der Waals surface area contributed by atoms with Crippen molar-refractivity contribution >= 4 is 47.5 Å². The first-order valence-corrected chi connectivity index (χ1v) is 11.9. The number of hydrogen-bond donors (Lipinski definition) is 0. The van der Waals surface area contributed by atoms with Crippen LogP contribution < -0.4 is 0 Å². The Kier molecular flexibility index (Phi) is 11.5. The number of hydrogen-bond acceptors (Lipinski definition) is 12. The van der Waals surface area contributed by atoms with E-state index in [0.29, 0.717) is 10.6 Å². The highest BCUT2D eigenvalue weighted by atomic mass is 35.5. The van der Waals surface area contributed by atoms with Crippen LogP contribution in [0.4, 0.5) is 0 Å². The molecule has 1 aliphatic heterocycles. The Labute approximate surface area is 224 Å². The van der Waals surface area contributed by atoms with E-state index in [9.17, 15) is 24.0 Å². The molecule has 38 heavy (non-hydrogen) atoms. The standard InChI is InChI=1S/C25H29ClO12/c1-6-32-24(31)19(11-17-7-9-18(26)10-8-17)37-25-23(36-16(5)30)22(35-15(4)29)21(34-14(3)28)20(38-25)12-33-13(2)27/h7-11,20-23,25H,6,12H2,1-5H3/b19-11-/t20-,21-,22+,23-,25-/m0/s1. The van der Waals surface area contributed by atoms with Crippen LogP contribution in [0.1, 0.15) is 40.2 Å². The Morgan fingerprint density at radius 3 is 1.87 bits per heavy atom. The van der Waals surface area contributed by atoms with E-state index in [4.69, 9.17) is 44.8 Å². The molecule has 0 spiro atoms. The van der Waals surface area contributed by atoms with Gasteiger partial charge in [0.25, 0.3) is 0 Å². The third-order valence-corrected chi connectivity index (χ3v) is 5.09. The molecule has 0 bridgehead atoms. The van der Waals surface area contributed by atoms with Crippen molar-refractivity contribution in [2.24, 2.45) is 0 Å². The molecule has 0 unspecified atom stereocenters. The molecule has 1 aliphatic rings. The fourth-order valence-electron chi connectivity index (χ4n) is 3.46. The van der Waals surface area contributed by atoms with Gasteiger partial charge in [0.2, 0.25) is 18.2 Å². The predicted molar refractivity (Wildman–Crippen MR) is 129 cm³/mol. The number of rotatable bonds is 10. The lowest BCUT2D eigenvalue weighted by atomic mass is 9.98. The molecule has 0 radical (unpaired) electrons. The summed E-state index contributed by atoms with van der Waals surface area (Å²) >= 11 is 5.93. The van der Waals surface area contributed by atoms with E-state index < -0.39 is 67.2 Å². The number of esters is 5. The molecule has 1 heterocycles. The van der Waals surface area contributed by atoms with Crippen LogP contribution in [0.5, 0.6) is 0 Å². The van der Waals surface area contributed by atoms with Gasteiger partial charge in [-0.3, -0.25) is 19.2 Å². The van der Waals surface area contributed by atoms with Crippen molar-refractivity contribution in [3.05, 3.63) is 40.6 Å². The smallest absolute Gasteiger partial charge is 0.373 e. The lowest BCUT2D eigenvalue weighted by Crippen LogP contribution is -2.63. The second-order valence-electron chi connectivity index (χ2n) is 7.97. The molecule has 1 saturated heterocycles. The van der Waals surface area contributed by atoms with Crippen LogP contribution >= 0.6 is 11.6 Å². The fraction of sp³-hybridized carbons (Fsp3) is 0.480. The summed E-state index contributed by atoms with van der Waals surface area (Å²) in [6.07, 6.45) is -5.86.